The van der Waals surface area contributed by atoms with Crippen LogP contribution in [0.25, 0.3) is 0 Å². The molecule has 0 rings (SSSR count). The Morgan fingerprint density at radius 1 is 0.821 bits per heavy atom. The molecule has 0 heterocycles. The molecule has 2 unspecified atom stereocenters. The number of carboxylic acid groups (broad SMARTS) is 3. The van der Waals surface area contributed by atoms with Crippen LogP contribution in [0.15, 0.2) is 0 Å². The number of aliphatic carboxylic acids is 3. The van der Waals surface area contributed by atoms with Crippen LogP contribution >= 0.6 is 15.9 Å². The minimum absolute atomic E-state index is 0. The third-order valence-electron chi connectivity index (χ3n) is 5.51. The van der Waals surface area contributed by atoms with Crippen LogP contribution in [0.5, 0.6) is 0 Å². The minimum atomic E-state index is -2.94. The van der Waals surface area contributed by atoms with Crippen LogP contribution in [0.3, 0.4) is 0 Å². The van der Waals surface area contributed by atoms with Gasteiger partial charge >= 0.3 is 83.1 Å². The molecule has 0 bridgehead atoms. The molecule has 0 aliphatic carbocycles. The standard InChI is InChI=1S/C14H27N3O8.C7H13BrN2O2.2Na.2H/c1-2-16-9(7-18)5-15-6-10(8-19)17-4-3-14(11(20)21,12(22)23)13(24)25;1-3-7(8,4-2)5(11)10-6(9)12;;;;/h9-10,15-19H,2-8H2,1H3,(H,20,21)(H,22,23)(H,24,25);3-4H2,1-2H3,(H3,9,10,11,12);;;;. The molecule has 15 nitrogen and oxygen atoms in total. The van der Waals surface area contributed by atoms with Gasteiger partial charge in [0.15, 0.2) is 0 Å². The molecule has 0 saturated heterocycles. The Bertz CT molecular complexity index is 727. The van der Waals surface area contributed by atoms with Gasteiger partial charge in [0.25, 0.3) is 5.41 Å². The number of urea groups is 1. The molecule has 0 aromatic carbocycles. The van der Waals surface area contributed by atoms with Crippen molar-refractivity contribution in [3.8, 4) is 0 Å². The van der Waals surface area contributed by atoms with Crippen molar-refractivity contribution in [1.29, 1.82) is 0 Å². The number of aliphatic hydroxyl groups excluding tert-OH is 2. The van der Waals surface area contributed by atoms with Gasteiger partial charge in [0.2, 0.25) is 5.91 Å². The molecule has 0 aromatic heterocycles. The Morgan fingerprint density at radius 2 is 1.23 bits per heavy atom. The van der Waals surface area contributed by atoms with Gasteiger partial charge in [0.1, 0.15) is 4.32 Å². The number of likely N-dealkylation sites (N-methyl/N-ethyl adjacent to an activating group) is 1. The normalized spacial score (nSPS) is 12.4. The van der Waals surface area contributed by atoms with Crippen molar-refractivity contribution in [2.75, 3.05) is 39.4 Å². The molecule has 0 saturated carbocycles. The first-order valence-electron chi connectivity index (χ1n) is 11.6. The fraction of sp³-hybridized carbons (Fsp3) is 0.762. The van der Waals surface area contributed by atoms with E-state index in [1.165, 1.54) is 0 Å². The van der Waals surface area contributed by atoms with E-state index in [-0.39, 0.29) is 97.4 Å². The second kappa shape index (κ2) is 24.2. The van der Waals surface area contributed by atoms with Gasteiger partial charge in [0.05, 0.1) is 13.2 Å². The number of carbonyl (C=O) groups is 5. The number of hydrogen-bond donors (Lipinski definition) is 10. The Labute approximate surface area is 280 Å². The fourth-order valence-corrected chi connectivity index (χ4v) is 3.08. The summed E-state index contributed by atoms with van der Waals surface area (Å²) in [6.45, 7) is 6.35. The third kappa shape index (κ3) is 16.6. The van der Waals surface area contributed by atoms with Gasteiger partial charge in [-0.1, -0.05) is 36.7 Å². The van der Waals surface area contributed by atoms with E-state index in [0.29, 0.717) is 25.9 Å². The number of hydrogen-bond acceptors (Lipinski definition) is 10. The maximum absolute atomic E-state index is 11.3. The first-order valence-corrected chi connectivity index (χ1v) is 12.4. The summed E-state index contributed by atoms with van der Waals surface area (Å²) < 4.78 is -0.665. The molecule has 18 heteroatoms. The fourth-order valence-electron chi connectivity index (χ4n) is 2.98. The van der Waals surface area contributed by atoms with Crippen molar-refractivity contribution in [3.05, 3.63) is 0 Å². The molecular formula is C21H42BrN5Na2O10. The number of carboxylic acids is 3. The maximum atomic E-state index is 11.3. The Kier molecular flexibility index (Phi) is 28.4. The number of carbonyl (C=O) groups excluding carboxylic acids is 2. The number of nitrogens with two attached hydrogens (primary N) is 1. The van der Waals surface area contributed by atoms with Gasteiger partial charge in [-0.15, -0.1) is 0 Å². The predicted octanol–water partition coefficient (Wildman–Crippen LogP) is -3.03. The van der Waals surface area contributed by atoms with Crippen molar-refractivity contribution >= 4 is 105 Å². The number of imide groups is 1. The Balaban J connectivity index is -0.000000371. The monoisotopic (exact) mass is 649 g/mol. The van der Waals surface area contributed by atoms with Crippen molar-refractivity contribution in [2.24, 2.45) is 11.1 Å². The molecular weight excluding hydrogens is 608 g/mol. The molecule has 0 spiro atoms. The molecule has 0 aliphatic rings. The summed E-state index contributed by atoms with van der Waals surface area (Å²) in [7, 11) is 0. The molecule has 0 radical (unpaired) electrons. The van der Waals surface area contributed by atoms with Gasteiger partial charge < -0.3 is 47.2 Å². The van der Waals surface area contributed by atoms with Crippen molar-refractivity contribution in [1.82, 2.24) is 21.3 Å². The average Bonchev–Trinajstić information content (AvgIpc) is 2.83. The average molecular weight is 650 g/mol. The van der Waals surface area contributed by atoms with Gasteiger partial charge in [-0.05, 0) is 32.4 Å². The van der Waals surface area contributed by atoms with E-state index in [2.05, 4.69) is 31.9 Å². The van der Waals surface area contributed by atoms with Crippen LogP contribution in [0.4, 0.5) is 4.79 Å². The first-order chi connectivity index (χ1) is 17.2. The number of amides is 3. The topological polar surface area (TPSA) is 261 Å². The summed E-state index contributed by atoms with van der Waals surface area (Å²) in [5.74, 6) is -6.24. The van der Waals surface area contributed by atoms with Gasteiger partial charge in [0, 0.05) is 25.2 Å². The van der Waals surface area contributed by atoms with E-state index in [4.69, 9.17) is 26.2 Å². The zero-order valence-corrected chi connectivity index (χ0v) is 22.8. The zero-order valence-electron chi connectivity index (χ0n) is 21.3. The quantitative estimate of drug-likeness (QED) is 0.0403. The second-order valence-electron chi connectivity index (χ2n) is 7.99. The molecule has 0 aliphatic heterocycles. The number of nitrogens with one attached hydrogen (secondary N) is 4. The molecule has 2 atom stereocenters. The molecule has 3 amide bonds. The Morgan fingerprint density at radius 3 is 1.54 bits per heavy atom. The first kappa shape index (κ1) is 45.6. The molecule has 39 heavy (non-hydrogen) atoms. The molecule has 0 aromatic rings. The van der Waals surface area contributed by atoms with Crippen LogP contribution in [0.2, 0.25) is 0 Å². The van der Waals surface area contributed by atoms with E-state index in [1.807, 2.05) is 26.1 Å². The van der Waals surface area contributed by atoms with Crippen molar-refractivity contribution in [3.63, 3.8) is 0 Å². The van der Waals surface area contributed by atoms with Crippen molar-refractivity contribution in [2.45, 2.75) is 56.4 Å². The van der Waals surface area contributed by atoms with E-state index in [9.17, 15) is 29.1 Å². The van der Waals surface area contributed by atoms with Crippen molar-refractivity contribution < 1.29 is 49.5 Å². The number of alkyl halides is 1. The number of rotatable bonds is 18. The van der Waals surface area contributed by atoms with Gasteiger partial charge in [-0.25, -0.2) is 4.79 Å². The number of aliphatic hydroxyl groups is 2. The molecule has 0 fully saturated rings. The Hall–Kier alpha value is -0.370. The SMILES string of the molecule is CCC(Br)(CC)C(=O)NC(N)=O.CCNC(CO)CNCC(CO)NCCC(C(=O)O)(C(=O)O)C(=O)O.[NaH].[NaH]. The van der Waals surface area contributed by atoms with Crippen LogP contribution in [-0.2, 0) is 19.2 Å². The third-order valence-corrected chi connectivity index (χ3v) is 6.99. The summed E-state index contributed by atoms with van der Waals surface area (Å²) in [6, 6.07) is -1.51. The van der Waals surface area contributed by atoms with Crippen LogP contribution in [0.1, 0.15) is 40.0 Å². The summed E-state index contributed by atoms with van der Waals surface area (Å²) in [4.78, 5) is 55.0. The van der Waals surface area contributed by atoms with Crippen LogP contribution < -0.4 is 27.0 Å². The van der Waals surface area contributed by atoms with E-state index in [0.717, 1.165) is 0 Å². The van der Waals surface area contributed by atoms with E-state index < -0.39 is 46.1 Å². The van der Waals surface area contributed by atoms with Crippen LogP contribution in [0, 0.1) is 5.41 Å². The molecule has 11 N–H and O–H groups in total. The van der Waals surface area contributed by atoms with Gasteiger partial charge in [-0.2, -0.15) is 0 Å². The van der Waals surface area contributed by atoms with Gasteiger partial charge in [-0.3, -0.25) is 24.5 Å². The summed E-state index contributed by atoms with van der Waals surface area (Å²) >= 11 is 3.26. The second-order valence-corrected chi connectivity index (χ2v) is 9.51. The summed E-state index contributed by atoms with van der Waals surface area (Å²) in [5, 5.41) is 56.2. The predicted molar refractivity (Wildman–Crippen MR) is 151 cm³/mol. The number of primary amides is 1. The summed E-state index contributed by atoms with van der Waals surface area (Å²) in [5.41, 5.74) is 1.87. The number of halogens is 1. The molecule has 220 valence electrons. The van der Waals surface area contributed by atoms with E-state index in [1.54, 1.807) is 0 Å². The van der Waals surface area contributed by atoms with E-state index >= 15 is 0 Å². The van der Waals surface area contributed by atoms with Crippen LogP contribution in [-0.4, -0.2) is 170 Å². The zero-order chi connectivity index (χ0) is 29.2. The summed E-state index contributed by atoms with van der Waals surface area (Å²) in [6.07, 6.45) is 0.547.